The minimum absolute atomic E-state index is 0.236. The van der Waals surface area contributed by atoms with Crippen LogP contribution in [0.1, 0.15) is 43.2 Å². The van der Waals surface area contributed by atoms with Gasteiger partial charge in [0.1, 0.15) is 11.3 Å². The van der Waals surface area contributed by atoms with Crippen molar-refractivity contribution in [3.05, 3.63) is 42.5 Å². The molecule has 2 unspecified atom stereocenters. The third-order valence-corrected chi connectivity index (χ3v) is 6.13. The van der Waals surface area contributed by atoms with Crippen LogP contribution in [-0.4, -0.2) is 75.7 Å². The Morgan fingerprint density at radius 1 is 1.36 bits per heavy atom. The summed E-state index contributed by atoms with van der Waals surface area (Å²) in [5, 5.41) is 15.8. The molecule has 194 valence electrons. The molecule has 0 saturated carbocycles. The predicted octanol–water partition coefficient (Wildman–Crippen LogP) is 2.89. The van der Waals surface area contributed by atoms with Gasteiger partial charge in [-0.3, -0.25) is 4.79 Å². The highest BCUT2D eigenvalue weighted by molar-refractivity contribution is 5.95. The lowest BCUT2D eigenvalue weighted by Crippen LogP contribution is -2.15. The number of carbonyl (C=O) groups excluding carboxylic acids is 1. The number of amides is 1. The molecule has 11 nitrogen and oxygen atoms in total. The highest BCUT2D eigenvalue weighted by atomic mass is 16.5. The zero-order valence-corrected chi connectivity index (χ0v) is 21.4. The molecule has 0 spiro atoms. The number of nitrogens with two attached hydrogens (primary N) is 1. The summed E-state index contributed by atoms with van der Waals surface area (Å²) >= 11 is 0. The van der Waals surface area contributed by atoms with Gasteiger partial charge in [-0.2, -0.15) is 5.10 Å². The topological polar surface area (TPSA) is 142 Å². The molecule has 4 aromatic rings. The number of aromatic nitrogens is 5. The van der Waals surface area contributed by atoms with E-state index in [0.29, 0.717) is 24.1 Å². The number of aliphatic hydroxyl groups is 1. The van der Waals surface area contributed by atoms with Crippen molar-refractivity contribution < 1.29 is 19.4 Å². The summed E-state index contributed by atoms with van der Waals surface area (Å²) in [6.45, 7) is 5.58. The fraction of sp³-hybridized carbons (Fsp3) is 0.440. The third-order valence-electron chi connectivity index (χ3n) is 6.13. The van der Waals surface area contributed by atoms with Crippen molar-refractivity contribution in [3.63, 3.8) is 0 Å². The summed E-state index contributed by atoms with van der Waals surface area (Å²) < 4.78 is 14.1. The molecule has 0 aromatic carbocycles. The van der Waals surface area contributed by atoms with Crippen molar-refractivity contribution in [1.82, 2.24) is 24.1 Å². The highest BCUT2D eigenvalue weighted by Gasteiger charge is 2.23. The number of nitrogens with one attached hydrogen (secondary N) is 1. The van der Waals surface area contributed by atoms with Crippen molar-refractivity contribution in [3.8, 4) is 11.3 Å². The second-order valence-electron chi connectivity index (χ2n) is 8.23. The van der Waals surface area contributed by atoms with Gasteiger partial charge in [0.2, 0.25) is 0 Å². The quantitative estimate of drug-likeness (QED) is 0.369. The van der Waals surface area contributed by atoms with Crippen LogP contribution in [0.25, 0.3) is 27.9 Å². The van der Waals surface area contributed by atoms with Crippen molar-refractivity contribution in [2.24, 2.45) is 5.73 Å². The number of hydrogen-bond donors (Lipinski definition) is 3. The SMILES string of the molecule is CCC(C)OC.CNc1cc(-c2cn(C3CCOC3)c3ncccc23)nn2c(C(N)=O)cnc12.CO. The number of fused-ring (bicyclic) bond motifs is 2. The summed E-state index contributed by atoms with van der Waals surface area (Å²) in [6.07, 6.45) is 7.78. The second-order valence-corrected chi connectivity index (χ2v) is 8.23. The number of aliphatic hydroxyl groups excluding tert-OH is 1. The normalized spacial score (nSPS) is 15.7. The van der Waals surface area contributed by atoms with Crippen LogP contribution in [0, 0.1) is 0 Å². The minimum Gasteiger partial charge on any atom is -0.400 e. The number of pyridine rings is 1. The summed E-state index contributed by atoms with van der Waals surface area (Å²) in [7, 11) is 4.53. The number of imidazole rings is 1. The summed E-state index contributed by atoms with van der Waals surface area (Å²) in [5.41, 5.74) is 9.55. The number of nitrogens with zero attached hydrogens (tertiary/aromatic N) is 5. The Morgan fingerprint density at radius 3 is 2.72 bits per heavy atom. The number of carbonyl (C=O) groups is 1. The fourth-order valence-electron chi connectivity index (χ4n) is 3.93. The Kier molecular flexibility index (Phi) is 9.34. The molecule has 5 heterocycles. The van der Waals surface area contributed by atoms with E-state index in [4.69, 9.17) is 20.3 Å². The van der Waals surface area contributed by atoms with E-state index in [1.54, 1.807) is 20.4 Å². The average Bonchev–Trinajstić information content (AvgIpc) is 3.67. The Hall–Kier alpha value is -3.54. The smallest absolute Gasteiger partial charge is 0.269 e. The van der Waals surface area contributed by atoms with Crippen LogP contribution in [0.4, 0.5) is 5.69 Å². The maximum Gasteiger partial charge on any atom is 0.269 e. The number of ether oxygens (including phenoxy) is 2. The van der Waals surface area contributed by atoms with Crippen molar-refractivity contribution in [2.45, 2.75) is 38.8 Å². The molecular weight excluding hydrogens is 462 g/mol. The molecule has 1 fully saturated rings. The van der Waals surface area contributed by atoms with E-state index in [1.807, 2.05) is 18.2 Å². The maximum absolute atomic E-state index is 11.8. The first-order chi connectivity index (χ1) is 17.5. The van der Waals surface area contributed by atoms with Crippen molar-refractivity contribution >= 4 is 28.3 Å². The van der Waals surface area contributed by atoms with E-state index in [2.05, 4.69) is 45.0 Å². The zero-order valence-electron chi connectivity index (χ0n) is 21.4. The van der Waals surface area contributed by atoms with Gasteiger partial charge in [0.25, 0.3) is 5.91 Å². The molecular formula is C25H35N7O4. The molecule has 2 atom stereocenters. The van der Waals surface area contributed by atoms with E-state index in [1.165, 1.54) is 10.7 Å². The van der Waals surface area contributed by atoms with Crippen LogP contribution >= 0.6 is 0 Å². The molecule has 0 radical (unpaired) electrons. The van der Waals surface area contributed by atoms with Crippen LogP contribution in [-0.2, 0) is 9.47 Å². The van der Waals surface area contributed by atoms with Gasteiger partial charge in [0, 0.05) is 51.2 Å². The van der Waals surface area contributed by atoms with Gasteiger partial charge >= 0.3 is 0 Å². The van der Waals surface area contributed by atoms with Crippen molar-refractivity contribution in [2.75, 3.05) is 39.8 Å². The van der Waals surface area contributed by atoms with Gasteiger partial charge < -0.3 is 30.2 Å². The lowest BCUT2D eigenvalue weighted by atomic mass is 10.1. The molecule has 5 rings (SSSR count). The van der Waals surface area contributed by atoms with Gasteiger partial charge in [-0.05, 0) is 38.0 Å². The standard InChI is InChI=1S/C19H19N7O2.C5H12O.CH4O/c1-21-15-7-14(24-26-16(17(20)27)8-23-19(15)26)13-9-25(11-4-6-28-10-11)18-12(13)3-2-5-22-18;1-4-5(2)6-3;1-2/h2-3,5,7-9,11,21H,4,6,10H2,1H3,(H2,20,27);5H,4H2,1-3H3;2H,1H3. The summed E-state index contributed by atoms with van der Waals surface area (Å²) in [4.78, 5) is 20.6. The Bertz CT molecular complexity index is 1290. The van der Waals surface area contributed by atoms with E-state index in [0.717, 1.165) is 48.8 Å². The Balaban J connectivity index is 0.000000399. The predicted molar refractivity (Wildman–Crippen MR) is 139 cm³/mol. The van der Waals surface area contributed by atoms with E-state index >= 15 is 0 Å². The third kappa shape index (κ3) is 5.48. The van der Waals surface area contributed by atoms with Gasteiger partial charge in [-0.15, -0.1) is 0 Å². The van der Waals surface area contributed by atoms with Gasteiger partial charge in [-0.1, -0.05) is 6.92 Å². The summed E-state index contributed by atoms with van der Waals surface area (Å²) in [5.74, 6) is -0.577. The minimum atomic E-state index is -0.577. The van der Waals surface area contributed by atoms with Crippen LogP contribution in [0.5, 0.6) is 0 Å². The van der Waals surface area contributed by atoms with Crippen molar-refractivity contribution in [1.29, 1.82) is 0 Å². The Morgan fingerprint density at radius 2 is 2.14 bits per heavy atom. The molecule has 11 heteroatoms. The molecule has 36 heavy (non-hydrogen) atoms. The molecule has 4 aromatic heterocycles. The lowest BCUT2D eigenvalue weighted by molar-refractivity contribution is 0.0993. The van der Waals surface area contributed by atoms with Gasteiger partial charge in [-0.25, -0.2) is 14.5 Å². The largest absolute Gasteiger partial charge is 0.400 e. The molecule has 1 aliphatic rings. The van der Waals surface area contributed by atoms with Crippen LogP contribution in [0.2, 0.25) is 0 Å². The molecule has 1 amide bonds. The van der Waals surface area contributed by atoms with Gasteiger partial charge in [0.15, 0.2) is 5.65 Å². The number of rotatable bonds is 6. The van der Waals surface area contributed by atoms with Crippen LogP contribution < -0.4 is 11.1 Å². The van der Waals surface area contributed by atoms with E-state index in [9.17, 15) is 4.79 Å². The molecule has 4 N–H and O–H groups in total. The van der Waals surface area contributed by atoms with Crippen LogP contribution in [0.15, 0.2) is 36.8 Å². The molecule has 0 aliphatic carbocycles. The number of primary amides is 1. The Labute approximate surface area is 210 Å². The fourth-order valence-corrected chi connectivity index (χ4v) is 3.93. The monoisotopic (exact) mass is 497 g/mol. The first kappa shape index (κ1) is 27.1. The van der Waals surface area contributed by atoms with Gasteiger partial charge in [0.05, 0.1) is 36.3 Å². The highest BCUT2D eigenvalue weighted by Crippen LogP contribution is 2.34. The maximum atomic E-state index is 11.8. The lowest BCUT2D eigenvalue weighted by Gasteiger charge is -2.10. The molecule has 1 saturated heterocycles. The number of methoxy groups -OCH3 is 1. The zero-order chi connectivity index (χ0) is 26.2. The second kappa shape index (κ2) is 12.4. The first-order valence-electron chi connectivity index (χ1n) is 11.9. The van der Waals surface area contributed by atoms with E-state index < -0.39 is 5.91 Å². The van der Waals surface area contributed by atoms with Crippen LogP contribution in [0.3, 0.4) is 0 Å². The average molecular weight is 498 g/mol. The molecule has 0 bridgehead atoms. The van der Waals surface area contributed by atoms with E-state index in [-0.39, 0.29) is 11.7 Å². The number of anilines is 1. The summed E-state index contributed by atoms with van der Waals surface area (Å²) in [6, 6.07) is 6.10. The number of hydrogen-bond acceptors (Lipinski definition) is 8. The molecule has 1 aliphatic heterocycles. The first-order valence-corrected chi connectivity index (χ1v) is 11.9.